The lowest BCUT2D eigenvalue weighted by Gasteiger charge is -2.04. The molecular formula is C17H17Br2ClN2O2. The van der Waals surface area contributed by atoms with Gasteiger partial charge in [0, 0.05) is 23.8 Å². The molecule has 0 aliphatic heterocycles. The maximum Gasteiger partial charge on any atom is 0.310 e. The summed E-state index contributed by atoms with van der Waals surface area (Å²) in [5, 5.41) is 9.14. The van der Waals surface area contributed by atoms with Crippen molar-refractivity contribution in [3.63, 3.8) is 0 Å². The summed E-state index contributed by atoms with van der Waals surface area (Å²) in [4.78, 5) is 12.3. The molecule has 1 aliphatic carbocycles. The summed E-state index contributed by atoms with van der Waals surface area (Å²) >= 11 is 12.2. The smallest absolute Gasteiger partial charge is 0.310 e. The second kappa shape index (κ2) is 7.90. The Labute approximate surface area is 163 Å². The van der Waals surface area contributed by atoms with Crippen molar-refractivity contribution in [1.29, 1.82) is 5.26 Å². The highest BCUT2D eigenvalue weighted by atomic mass is 79.9. The van der Waals surface area contributed by atoms with E-state index >= 15 is 0 Å². The van der Waals surface area contributed by atoms with Gasteiger partial charge in [-0.1, -0.05) is 37.6 Å². The lowest BCUT2D eigenvalue weighted by atomic mass is 10.1. The van der Waals surface area contributed by atoms with Gasteiger partial charge in [-0.15, -0.1) is 0 Å². The maximum atomic E-state index is 12.3. The van der Waals surface area contributed by atoms with E-state index in [1.165, 1.54) is 5.54 Å². The van der Waals surface area contributed by atoms with Gasteiger partial charge in [-0.25, -0.2) is 0 Å². The molecule has 0 unspecified atom stereocenters. The van der Waals surface area contributed by atoms with Crippen molar-refractivity contribution < 1.29 is 9.53 Å². The lowest BCUT2D eigenvalue weighted by molar-refractivity contribution is -0.147. The first-order valence-electron chi connectivity index (χ1n) is 7.35. The first-order valence-corrected chi connectivity index (χ1v) is 9.37. The van der Waals surface area contributed by atoms with E-state index in [9.17, 15) is 4.79 Å². The first kappa shape index (κ1) is 19.3. The minimum Gasteiger partial charge on any atom is -0.461 e. The van der Waals surface area contributed by atoms with Crippen LogP contribution in [0.25, 0.3) is 0 Å². The van der Waals surface area contributed by atoms with Crippen molar-refractivity contribution in [2.75, 3.05) is 0 Å². The lowest BCUT2D eigenvalue weighted by Crippen LogP contribution is -2.10. The molecule has 1 aromatic rings. The Morgan fingerprint density at radius 2 is 2.25 bits per heavy atom. The monoisotopic (exact) mass is 474 g/mol. The Bertz CT molecular complexity index is 727. The van der Waals surface area contributed by atoms with Gasteiger partial charge in [-0.2, -0.15) is 5.26 Å². The molecule has 0 aromatic carbocycles. The number of hydrogen-bond acceptors (Lipinski definition) is 3. The molecule has 1 heterocycles. The van der Waals surface area contributed by atoms with E-state index in [2.05, 4.69) is 37.9 Å². The Hall–Kier alpha value is -1.03. The van der Waals surface area contributed by atoms with Crippen LogP contribution in [-0.4, -0.2) is 10.5 Å². The highest BCUT2D eigenvalue weighted by Crippen LogP contribution is 2.60. The Morgan fingerprint density at radius 3 is 2.83 bits per heavy atom. The molecule has 1 fully saturated rings. The van der Waals surface area contributed by atoms with Crippen LogP contribution < -0.4 is 0 Å². The van der Waals surface area contributed by atoms with Crippen molar-refractivity contribution >= 4 is 49.4 Å². The van der Waals surface area contributed by atoms with Crippen molar-refractivity contribution in [3.05, 3.63) is 44.6 Å². The van der Waals surface area contributed by atoms with Crippen LogP contribution in [0.15, 0.2) is 33.3 Å². The van der Waals surface area contributed by atoms with Crippen LogP contribution in [0.2, 0.25) is 0 Å². The zero-order chi connectivity index (χ0) is 17.9. The standard InChI is InChI=1S/C17H17Br2ClN2O2/c1-17(2)13(7-14(18)19)15(17)16(23)24-10-11-6-12(8-21)22(9-11)5-3-4-20/h3-4,6-7,9,13,15H,5,10H2,1-2H3/b4-3-/t13-,15-/m0/s1. The first-order chi connectivity index (χ1) is 11.3. The summed E-state index contributed by atoms with van der Waals surface area (Å²) < 4.78 is 8.05. The minimum atomic E-state index is -0.214. The fourth-order valence-corrected chi connectivity index (χ4v) is 3.51. The third-order valence-electron chi connectivity index (χ3n) is 4.31. The predicted octanol–water partition coefficient (Wildman–Crippen LogP) is 5.06. The second-order valence-electron chi connectivity index (χ2n) is 6.25. The van der Waals surface area contributed by atoms with E-state index in [1.54, 1.807) is 22.9 Å². The molecule has 0 amide bonds. The quantitative estimate of drug-likeness (QED) is 0.540. The molecule has 128 valence electrons. The molecule has 1 saturated carbocycles. The van der Waals surface area contributed by atoms with Crippen LogP contribution in [0.1, 0.15) is 25.1 Å². The van der Waals surface area contributed by atoms with E-state index in [0.29, 0.717) is 12.2 Å². The summed E-state index contributed by atoms with van der Waals surface area (Å²) in [6, 6.07) is 3.84. The van der Waals surface area contributed by atoms with Crippen molar-refractivity contribution in [3.8, 4) is 6.07 Å². The number of aromatic nitrogens is 1. The van der Waals surface area contributed by atoms with E-state index in [4.69, 9.17) is 21.6 Å². The summed E-state index contributed by atoms with van der Waals surface area (Å²) in [6.45, 7) is 4.75. The van der Waals surface area contributed by atoms with Gasteiger partial charge in [-0.3, -0.25) is 4.79 Å². The zero-order valence-electron chi connectivity index (χ0n) is 13.3. The Morgan fingerprint density at radius 1 is 1.54 bits per heavy atom. The SMILES string of the molecule is CC1(C)[C@H](C(=O)OCc2cc(C#N)n(C/C=C\Cl)c2)[C@@H]1C=C(Br)Br. The number of allylic oxidation sites excluding steroid dienone is 2. The average molecular weight is 477 g/mol. The summed E-state index contributed by atoms with van der Waals surface area (Å²) in [5.74, 6) is -0.222. The highest BCUT2D eigenvalue weighted by Gasteiger charge is 2.61. The van der Waals surface area contributed by atoms with Crippen LogP contribution in [0.3, 0.4) is 0 Å². The third kappa shape index (κ3) is 4.33. The molecule has 2 atom stereocenters. The summed E-state index contributed by atoms with van der Waals surface area (Å²) in [7, 11) is 0. The van der Waals surface area contributed by atoms with Gasteiger partial charge < -0.3 is 9.30 Å². The molecule has 0 N–H and O–H groups in total. The molecule has 1 aliphatic rings. The van der Waals surface area contributed by atoms with Gasteiger partial charge in [0.2, 0.25) is 0 Å². The average Bonchev–Trinajstić information content (AvgIpc) is 2.88. The number of hydrogen-bond donors (Lipinski definition) is 0. The van der Waals surface area contributed by atoms with Crippen LogP contribution in [0, 0.1) is 28.6 Å². The number of esters is 1. The molecule has 0 radical (unpaired) electrons. The Balaban J connectivity index is 1.99. The molecule has 4 nitrogen and oxygen atoms in total. The number of ether oxygens (including phenoxy) is 1. The van der Waals surface area contributed by atoms with E-state index < -0.39 is 0 Å². The van der Waals surface area contributed by atoms with Gasteiger partial charge in [0.15, 0.2) is 0 Å². The summed E-state index contributed by atoms with van der Waals surface area (Å²) in [6.07, 6.45) is 5.52. The fourth-order valence-electron chi connectivity index (χ4n) is 2.86. The van der Waals surface area contributed by atoms with Crippen LogP contribution in [0.5, 0.6) is 0 Å². The van der Waals surface area contributed by atoms with E-state index in [1.807, 2.05) is 19.9 Å². The normalized spacial score (nSPS) is 21.3. The predicted molar refractivity (Wildman–Crippen MR) is 101 cm³/mol. The van der Waals surface area contributed by atoms with Crippen molar-refractivity contribution in [2.45, 2.75) is 27.0 Å². The molecule has 0 bridgehead atoms. The van der Waals surface area contributed by atoms with Gasteiger partial charge in [0.1, 0.15) is 18.4 Å². The number of halogens is 3. The minimum absolute atomic E-state index is 0.112. The van der Waals surface area contributed by atoms with Crippen LogP contribution >= 0.6 is 43.5 Å². The molecule has 0 spiro atoms. The molecular weight excluding hydrogens is 459 g/mol. The van der Waals surface area contributed by atoms with Gasteiger partial charge in [0.05, 0.1) is 9.31 Å². The molecule has 1 aromatic heterocycles. The van der Waals surface area contributed by atoms with Crippen molar-refractivity contribution in [2.24, 2.45) is 17.3 Å². The van der Waals surface area contributed by atoms with Crippen molar-refractivity contribution in [1.82, 2.24) is 4.57 Å². The number of carbonyl (C=O) groups excluding carboxylic acids is 1. The Kier molecular flexibility index (Phi) is 6.35. The van der Waals surface area contributed by atoms with E-state index in [-0.39, 0.29) is 29.8 Å². The number of nitrogens with zero attached hydrogens (tertiary/aromatic N) is 2. The molecule has 24 heavy (non-hydrogen) atoms. The number of carbonyl (C=O) groups is 1. The second-order valence-corrected chi connectivity index (χ2v) is 9.27. The number of rotatable bonds is 6. The van der Waals surface area contributed by atoms with Crippen LogP contribution in [-0.2, 0) is 22.7 Å². The van der Waals surface area contributed by atoms with Gasteiger partial charge in [0.25, 0.3) is 0 Å². The van der Waals surface area contributed by atoms with E-state index in [0.717, 1.165) is 8.96 Å². The molecule has 7 heteroatoms. The topological polar surface area (TPSA) is 55.0 Å². The number of nitriles is 1. The molecule has 2 rings (SSSR count). The highest BCUT2D eigenvalue weighted by molar-refractivity contribution is 9.28. The third-order valence-corrected chi connectivity index (χ3v) is 5.02. The van der Waals surface area contributed by atoms with Gasteiger partial charge >= 0.3 is 5.97 Å². The zero-order valence-corrected chi connectivity index (χ0v) is 17.2. The molecule has 0 saturated heterocycles. The maximum absolute atomic E-state index is 12.3. The summed E-state index contributed by atoms with van der Waals surface area (Å²) in [5.41, 5.74) is 2.59. The van der Waals surface area contributed by atoms with Gasteiger partial charge in [-0.05, 0) is 49.3 Å². The fraction of sp³-hybridized carbons (Fsp3) is 0.412. The largest absolute Gasteiger partial charge is 0.461 e. The van der Waals surface area contributed by atoms with Crippen LogP contribution in [0.4, 0.5) is 0 Å².